The lowest BCUT2D eigenvalue weighted by atomic mass is 9.68. The molecule has 2 aromatic rings. The first-order chi connectivity index (χ1) is 12.9. The van der Waals surface area contributed by atoms with E-state index in [1.807, 2.05) is 17.0 Å². The Morgan fingerprint density at radius 1 is 1.15 bits per heavy atom. The summed E-state index contributed by atoms with van der Waals surface area (Å²) in [7, 11) is 2.84. The third-order valence-electron chi connectivity index (χ3n) is 5.98. The number of amides is 4. The quantitative estimate of drug-likeness (QED) is 0.628. The predicted octanol–water partition coefficient (Wildman–Crippen LogP) is 0.626. The third-order valence-corrected chi connectivity index (χ3v) is 5.98. The number of imide groups is 2. The molecule has 1 aromatic carbocycles. The van der Waals surface area contributed by atoms with Crippen LogP contribution in [0.5, 0.6) is 0 Å². The van der Waals surface area contributed by atoms with E-state index in [0.717, 1.165) is 26.4 Å². The van der Waals surface area contributed by atoms with Gasteiger partial charge in [-0.05, 0) is 18.1 Å². The Morgan fingerprint density at radius 2 is 1.89 bits per heavy atom. The van der Waals surface area contributed by atoms with Crippen LogP contribution in [0.4, 0.5) is 10.5 Å². The molecule has 0 saturated carbocycles. The maximum atomic E-state index is 13.3. The Morgan fingerprint density at radius 3 is 2.63 bits per heavy atom. The van der Waals surface area contributed by atoms with Crippen molar-refractivity contribution in [3.63, 3.8) is 0 Å². The smallest absolute Gasteiger partial charge is 0.332 e. The van der Waals surface area contributed by atoms with E-state index in [1.54, 1.807) is 6.20 Å². The van der Waals surface area contributed by atoms with Crippen molar-refractivity contribution in [2.75, 3.05) is 38.8 Å². The molecule has 1 aromatic heterocycles. The Hall–Kier alpha value is -2.94. The number of ether oxygens (including phenoxy) is 1. The number of aromatic nitrogens is 1. The van der Waals surface area contributed by atoms with Crippen LogP contribution in [0.3, 0.4) is 0 Å². The van der Waals surface area contributed by atoms with E-state index >= 15 is 0 Å². The molecule has 27 heavy (non-hydrogen) atoms. The molecule has 9 nitrogen and oxygen atoms in total. The molecule has 0 bridgehead atoms. The van der Waals surface area contributed by atoms with Crippen LogP contribution in [0.2, 0.25) is 0 Å². The number of anilines is 1. The number of barbiturate groups is 1. The van der Waals surface area contributed by atoms with E-state index in [9.17, 15) is 14.4 Å². The first-order valence-corrected chi connectivity index (χ1v) is 8.77. The number of nitrogens with zero attached hydrogens (tertiary/aromatic N) is 4. The van der Waals surface area contributed by atoms with Gasteiger partial charge in [0.15, 0.2) is 11.0 Å². The second-order valence-corrected chi connectivity index (χ2v) is 7.29. The minimum absolute atomic E-state index is 0.202. The molecule has 0 aliphatic carbocycles. The highest BCUT2D eigenvalue weighted by atomic mass is 16.5. The van der Waals surface area contributed by atoms with Gasteiger partial charge >= 0.3 is 6.03 Å². The molecule has 5 rings (SSSR count). The molecule has 3 aliphatic rings. The van der Waals surface area contributed by atoms with Crippen molar-refractivity contribution in [1.29, 1.82) is 0 Å². The summed E-state index contributed by atoms with van der Waals surface area (Å²) in [4.78, 5) is 43.0. The number of hydrogen-bond donors (Lipinski definition) is 0. The largest absolute Gasteiger partial charge is 0.377 e. The fourth-order valence-electron chi connectivity index (χ4n) is 4.61. The van der Waals surface area contributed by atoms with Crippen molar-refractivity contribution < 1.29 is 23.6 Å². The fraction of sp³-hybridized carbons (Fsp3) is 0.444. The highest BCUT2D eigenvalue weighted by Crippen LogP contribution is 2.47. The molecule has 4 heterocycles. The number of rotatable bonds is 0. The number of urea groups is 1. The first-order valence-electron chi connectivity index (χ1n) is 8.77. The topological polar surface area (TPSA) is 96.2 Å². The van der Waals surface area contributed by atoms with Crippen molar-refractivity contribution in [2.24, 2.45) is 5.41 Å². The summed E-state index contributed by atoms with van der Waals surface area (Å²) in [5, 5.41) is 4.64. The Labute approximate surface area is 154 Å². The molecule has 1 atom stereocenters. The van der Waals surface area contributed by atoms with E-state index in [2.05, 4.69) is 5.16 Å². The maximum absolute atomic E-state index is 13.3. The number of carbonyl (C=O) groups excluding carboxylic acids is 3. The van der Waals surface area contributed by atoms with Crippen LogP contribution in [0.15, 0.2) is 22.9 Å². The highest BCUT2D eigenvalue weighted by Gasteiger charge is 2.63. The van der Waals surface area contributed by atoms with Crippen molar-refractivity contribution in [3.05, 3.63) is 23.9 Å². The molecule has 140 valence electrons. The van der Waals surface area contributed by atoms with Crippen LogP contribution in [-0.2, 0) is 20.7 Å². The summed E-state index contributed by atoms with van der Waals surface area (Å²) in [5.41, 5.74) is 1.04. The van der Waals surface area contributed by atoms with E-state index < -0.39 is 29.3 Å². The van der Waals surface area contributed by atoms with Crippen LogP contribution >= 0.6 is 0 Å². The second-order valence-electron chi connectivity index (χ2n) is 7.29. The van der Waals surface area contributed by atoms with Gasteiger partial charge in [-0.3, -0.25) is 19.4 Å². The summed E-state index contributed by atoms with van der Waals surface area (Å²) in [6.07, 6.45) is 1.81. The van der Waals surface area contributed by atoms with E-state index in [1.165, 1.54) is 14.1 Å². The summed E-state index contributed by atoms with van der Waals surface area (Å²) < 4.78 is 10.9. The first kappa shape index (κ1) is 16.2. The van der Waals surface area contributed by atoms with Crippen molar-refractivity contribution in [1.82, 2.24) is 15.0 Å². The Balaban J connectivity index is 1.74. The van der Waals surface area contributed by atoms with Crippen LogP contribution in [0.1, 0.15) is 5.56 Å². The number of hydrogen-bond acceptors (Lipinski definition) is 7. The third kappa shape index (κ3) is 1.92. The van der Waals surface area contributed by atoms with Gasteiger partial charge in [-0.25, -0.2) is 4.79 Å². The molecule has 2 saturated heterocycles. The molecule has 0 N–H and O–H groups in total. The number of fused-ring (bicyclic) bond motifs is 5. The molecule has 1 spiro atoms. The highest BCUT2D eigenvalue weighted by molar-refractivity contribution is 6.20. The van der Waals surface area contributed by atoms with Crippen LogP contribution in [0, 0.1) is 5.41 Å². The lowest BCUT2D eigenvalue weighted by Crippen LogP contribution is -2.73. The molecule has 1 unspecified atom stereocenters. The van der Waals surface area contributed by atoms with Crippen molar-refractivity contribution in [2.45, 2.75) is 12.5 Å². The van der Waals surface area contributed by atoms with E-state index in [0.29, 0.717) is 18.7 Å². The summed E-state index contributed by atoms with van der Waals surface area (Å²) in [6, 6.07) is 2.71. The fourth-order valence-corrected chi connectivity index (χ4v) is 4.61. The number of morpholine rings is 1. The molecule has 4 amide bonds. The van der Waals surface area contributed by atoms with E-state index in [-0.39, 0.29) is 13.0 Å². The second kappa shape index (κ2) is 5.29. The lowest BCUT2D eigenvalue weighted by molar-refractivity contribution is -0.161. The van der Waals surface area contributed by atoms with Crippen LogP contribution in [0.25, 0.3) is 11.0 Å². The van der Waals surface area contributed by atoms with E-state index in [4.69, 9.17) is 9.26 Å². The maximum Gasteiger partial charge on any atom is 0.332 e. The van der Waals surface area contributed by atoms with Gasteiger partial charge in [0.05, 0.1) is 25.5 Å². The zero-order valence-corrected chi connectivity index (χ0v) is 15.0. The SMILES string of the molecule is CN1C(=O)N(C)C(=O)C2(Cc3cc4cnoc4cc3N3CCOCC32)C1=O. The molecular weight excluding hydrogens is 352 g/mol. The Kier molecular flexibility index (Phi) is 3.18. The van der Waals surface area contributed by atoms with Gasteiger partial charge in [-0.2, -0.15) is 0 Å². The predicted molar refractivity (Wildman–Crippen MR) is 93.0 cm³/mol. The summed E-state index contributed by atoms with van der Waals surface area (Å²) >= 11 is 0. The standard InChI is InChI=1S/C18H18N4O5/c1-20-15(23)18(16(24)21(2)17(20)25)7-10-5-11-8-19-27-13(11)6-12(10)22-3-4-26-9-14(18)22/h5-6,8,14H,3-4,7,9H2,1-2H3. The van der Waals surface area contributed by atoms with Crippen molar-refractivity contribution in [3.8, 4) is 0 Å². The zero-order valence-electron chi connectivity index (χ0n) is 15.0. The van der Waals surface area contributed by atoms with Gasteiger partial charge < -0.3 is 14.2 Å². The van der Waals surface area contributed by atoms with Gasteiger partial charge in [0.1, 0.15) is 0 Å². The Bertz CT molecular complexity index is 975. The average Bonchev–Trinajstić information content (AvgIpc) is 3.15. The molecule has 3 aliphatic heterocycles. The number of benzene rings is 1. The van der Waals surface area contributed by atoms with Crippen LogP contribution < -0.4 is 4.90 Å². The molecule has 0 radical (unpaired) electrons. The van der Waals surface area contributed by atoms with Crippen molar-refractivity contribution >= 4 is 34.5 Å². The van der Waals surface area contributed by atoms with Gasteiger partial charge in [0.25, 0.3) is 0 Å². The molecular formula is C18H18N4O5. The summed E-state index contributed by atoms with van der Waals surface area (Å²) in [5.74, 6) is -0.959. The van der Waals surface area contributed by atoms with Crippen LogP contribution in [-0.4, -0.2) is 72.7 Å². The minimum atomic E-state index is -1.39. The average molecular weight is 370 g/mol. The minimum Gasteiger partial charge on any atom is -0.377 e. The molecule has 9 heteroatoms. The monoisotopic (exact) mass is 370 g/mol. The summed E-state index contributed by atoms with van der Waals surface area (Å²) in [6.45, 7) is 1.27. The van der Waals surface area contributed by atoms with Gasteiger partial charge in [-0.1, -0.05) is 5.16 Å². The van der Waals surface area contributed by atoms with Gasteiger partial charge in [-0.15, -0.1) is 0 Å². The zero-order chi connectivity index (χ0) is 18.9. The number of carbonyl (C=O) groups is 3. The van der Waals surface area contributed by atoms with Gasteiger partial charge in [0.2, 0.25) is 11.8 Å². The normalized spacial score (nSPS) is 24.6. The van der Waals surface area contributed by atoms with Gasteiger partial charge in [0, 0.05) is 37.8 Å². The molecule has 2 fully saturated rings. The lowest BCUT2D eigenvalue weighted by Gasteiger charge is -2.54.